The van der Waals surface area contributed by atoms with Crippen molar-refractivity contribution in [2.75, 3.05) is 5.75 Å². The number of carbonyl (C=O) groups excluding carboxylic acids is 1. The van der Waals surface area contributed by atoms with Gasteiger partial charge in [-0.2, -0.15) is 0 Å². The van der Waals surface area contributed by atoms with Crippen molar-refractivity contribution in [2.45, 2.75) is 23.6 Å². The second-order valence-corrected chi connectivity index (χ2v) is 3.69. The first-order valence-electron chi connectivity index (χ1n) is 3.28. The molecule has 0 aromatic rings. The van der Waals surface area contributed by atoms with E-state index in [1.807, 2.05) is 0 Å². The molecule has 1 rings (SSSR count). The van der Waals surface area contributed by atoms with Gasteiger partial charge in [-0.1, -0.05) is 0 Å². The van der Waals surface area contributed by atoms with Crippen molar-refractivity contribution in [3.05, 3.63) is 0 Å². The second kappa shape index (κ2) is 3.53. The first-order chi connectivity index (χ1) is 5.16. The summed E-state index contributed by atoms with van der Waals surface area (Å²) in [5.41, 5.74) is 0. The number of hydrogen-bond acceptors (Lipinski definition) is 5. The molecule has 3 N–H and O–H groups in total. The number of thioether (sulfide) groups is 1. The predicted octanol–water partition coefficient (Wildman–Crippen LogP) is -1.62. The summed E-state index contributed by atoms with van der Waals surface area (Å²) in [6, 6.07) is 0. The Morgan fingerprint density at radius 3 is 2.55 bits per heavy atom. The SMILES string of the molecule is O=C[C@@H](O)[C@H]1SC[C@@H](O)[C@H]1O. The van der Waals surface area contributed by atoms with E-state index in [4.69, 9.17) is 15.3 Å². The van der Waals surface area contributed by atoms with E-state index in [2.05, 4.69) is 0 Å². The molecule has 1 aliphatic rings. The number of hydrogen-bond donors (Lipinski definition) is 3. The van der Waals surface area contributed by atoms with Crippen molar-refractivity contribution in [3.8, 4) is 0 Å². The highest BCUT2D eigenvalue weighted by Crippen LogP contribution is 2.29. The molecule has 4 atom stereocenters. The van der Waals surface area contributed by atoms with Crippen molar-refractivity contribution in [2.24, 2.45) is 0 Å². The largest absolute Gasteiger partial charge is 0.390 e. The van der Waals surface area contributed by atoms with Crippen molar-refractivity contribution < 1.29 is 20.1 Å². The minimum atomic E-state index is -1.17. The van der Waals surface area contributed by atoms with E-state index in [9.17, 15) is 4.79 Å². The van der Waals surface area contributed by atoms with Crippen molar-refractivity contribution >= 4 is 18.0 Å². The van der Waals surface area contributed by atoms with Gasteiger partial charge in [0.25, 0.3) is 0 Å². The van der Waals surface area contributed by atoms with Crippen LogP contribution in [-0.2, 0) is 4.79 Å². The summed E-state index contributed by atoms with van der Waals surface area (Å²) in [5, 5.41) is 26.6. The first-order valence-corrected chi connectivity index (χ1v) is 4.33. The number of aliphatic hydroxyl groups is 3. The van der Waals surface area contributed by atoms with E-state index in [0.717, 1.165) is 0 Å². The maximum absolute atomic E-state index is 10.1. The van der Waals surface area contributed by atoms with Crippen LogP contribution in [0.5, 0.6) is 0 Å². The maximum Gasteiger partial charge on any atom is 0.149 e. The molecule has 11 heavy (non-hydrogen) atoms. The smallest absolute Gasteiger partial charge is 0.149 e. The third-order valence-electron chi connectivity index (χ3n) is 1.67. The topological polar surface area (TPSA) is 77.8 Å². The van der Waals surface area contributed by atoms with E-state index in [0.29, 0.717) is 12.0 Å². The molecule has 64 valence electrons. The fourth-order valence-electron chi connectivity index (χ4n) is 1.00. The average Bonchev–Trinajstić information content (AvgIpc) is 2.32. The van der Waals surface area contributed by atoms with Gasteiger partial charge in [0.15, 0.2) is 0 Å². The van der Waals surface area contributed by atoms with Crippen molar-refractivity contribution in [3.63, 3.8) is 0 Å². The first kappa shape index (κ1) is 8.99. The van der Waals surface area contributed by atoms with Crippen LogP contribution >= 0.6 is 11.8 Å². The van der Waals surface area contributed by atoms with E-state index in [1.165, 1.54) is 11.8 Å². The molecule has 1 heterocycles. The van der Waals surface area contributed by atoms with Gasteiger partial charge in [0.2, 0.25) is 0 Å². The molecule has 0 aromatic heterocycles. The van der Waals surface area contributed by atoms with Gasteiger partial charge in [-0.25, -0.2) is 0 Å². The Balaban J connectivity index is 2.54. The Morgan fingerprint density at radius 1 is 1.55 bits per heavy atom. The fraction of sp³-hybridized carbons (Fsp3) is 0.833. The normalized spacial score (nSPS) is 40.5. The molecule has 4 nitrogen and oxygen atoms in total. The molecule has 0 saturated carbocycles. The Bertz CT molecular complexity index is 152. The average molecular weight is 178 g/mol. The number of aldehydes is 1. The lowest BCUT2D eigenvalue weighted by molar-refractivity contribution is -0.116. The van der Waals surface area contributed by atoms with Crippen molar-refractivity contribution in [1.82, 2.24) is 0 Å². The lowest BCUT2D eigenvalue weighted by Gasteiger charge is -2.16. The summed E-state index contributed by atoms with van der Waals surface area (Å²) in [5.74, 6) is 0.372. The number of aliphatic hydroxyl groups excluding tert-OH is 3. The zero-order valence-corrected chi connectivity index (χ0v) is 6.57. The minimum Gasteiger partial charge on any atom is -0.390 e. The molecule has 0 amide bonds. The second-order valence-electron chi connectivity index (χ2n) is 2.48. The van der Waals surface area contributed by atoms with Crippen LogP contribution in [-0.4, -0.2) is 50.9 Å². The van der Waals surface area contributed by atoms with Gasteiger partial charge in [0.05, 0.1) is 17.5 Å². The van der Waals surface area contributed by atoms with Crippen molar-refractivity contribution in [1.29, 1.82) is 0 Å². The Hall–Kier alpha value is -0.100. The third kappa shape index (κ3) is 1.73. The van der Waals surface area contributed by atoms with Crippen LogP contribution in [0.15, 0.2) is 0 Å². The van der Waals surface area contributed by atoms with Gasteiger partial charge in [0, 0.05) is 5.75 Å². The predicted molar refractivity (Wildman–Crippen MR) is 40.3 cm³/mol. The maximum atomic E-state index is 10.1. The Kier molecular flexibility index (Phi) is 2.89. The zero-order chi connectivity index (χ0) is 8.43. The molecule has 1 saturated heterocycles. The molecule has 0 radical (unpaired) electrons. The molecule has 0 unspecified atom stereocenters. The number of rotatable bonds is 2. The van der Waals surface area contributed by atoms with Crippen LogP contribution in [0.3, 0.4) is 0 Å². The zero-order valence-electron chi connectivity index (χ0n) is 5.75. The highest BCUT2D eigenvalue weighted by Gasteiger charge is 2.38. The lowest BCUT2D eigenvalue weighted by Crippen LogP contribution is -2.37. The standard InChI is InChI=1S/C6H10O4S/c7-1-3(8)6-5(10)4(9)2-11-6/h1,3-6,8-10H,2H2/t3-,4-,5-,6-/m1/s1. The molecular weight excluding hydrogens is 168 g/mol. The van der Waals surface area contributed by atoms with Crippen LogP contribution < -0.4 is 0 Å². The third-order valence-corrected chi connectivity index (χ3v) is 3.14. The summed E-state index contributed by atoms with van der Waals surface area (Å²) in [6.45, 7) is 0. The van der Waals surface area contributed by atoms with Gasteiger partial charge >= 0.3 is 0 Å². The lowest BCUT2D eigenvalue weighted by atomic mass is 10.1. The molecular formula is C6H10O4S. The molecule has 0 aromatic carbocycles. The summed E-state index contributed by atoms with van der Waals surface area (Å²) in [4.78, 5) is 10.1. The van der Waals surface area contributed by atoms with Gasteiger partial charge < -0.3 is 20.1 Å². The number of carbonyl (C=O) groups is 1. The van der Waals surface area contributed by atoms with Crippen LogP contribution in [0, 0.1) is 0 Å². The highest BCUT2D eigenvalue weighted by molar-refractivity contribution is 8.00. The summed E-state index contributed by atoms with van der Waals surface area (Å²) in [7, 11) is 0. The van der Waals surface area contributed by atoms with E-state index in [-0.39, 0.29) is 0 Å². The molecule has 0 bridgehead atoms. The Morgan fingerprint density at radius 2 is 2.18 bits per heavy atom. The van der Waals surface area contributed by atoms with E-state index >= 15 is 0 Å². The Labute approximate surface area is 68.2 Å². The van der Waals surface area contributed by atoms with Gasteiger partial charge in [-0.15, -0.1) is 11.8 Å². The van der Waals surface area contributed by atoms with Crippen LogP contribution in [0.2, 0.25) is 0 Å². The van der Waals surface area contributed by atoms with Crippen LogP contribution in [0.25, 0.3) is 0 Å². The summed E-state index contributed by atoms with van der Waals surface area (Å²) < 4.78 is 0. The van der Waals surface area contributed by atoms with Crippen LogP contribution in [0.4, 0.5) is 0 Å². The highest BCUT2D eigenvalue weighted by atomic mass is 32.2. The molecule has 0 spiro atoms. The van der Waals surface area contributed by atoms with Gasteiger partial charge in [-0.3, -0.25) is 0 Å². The minimum absolute atomic E-state index is 0.372. The summed E-state index contributed by atoms with van der Waals surface area (Å²) >= 11 is 1.21. The molecule has 1 aliphatic heterocycles. The molecule has 0 aliphatic carbocycles. The van der Waals surface area contributed by atoms with Gasteiger partial charge in [-0.05, 0) is 0 Å². The summed E-state index contributed by atoms with van der Waals surface area (Å²) in [6.07, 6.45) is -2.61. The monoisotopic (exact) mass is 178 g/mol. The van der Waals surface area contributed by atoms with E-state index < -0.39 is 23.6 Å². The quantitative estimate of drug-likeness (QED) is 0.443. The van der Waals surface area contributed by atoms with E-state index in [1.54, 1.807) is 0 Å². The fourth-order valence-corrected chi connectivity index (χ4v) is 2.26. The van der Waals surface area contributed by atoms with Gasteiger partial charge in [0.1, 0.15) is 12.4 Å². The van der Waals surface area contributed by atoms with Crippen LogP contribution in [0.1, 0.15) is 0 Å². The molecule has 1 fully saturated rings. The molecule has 5 heteroatoms.